The minimum atomic E-state index is 0.131. The van der Waals surface area contributed by atoms with Crippen LogP contribution in [0, 0.1) is 0 Å². The fourth-order valence-corrected chi connectivity index (χ4v) is 4.86. The first-order valence-corrected chi connectivity index (χ1v) is 11.5. The summed E-state index contributed by atoms with van der Waals surface area (Å²) in [5, 5.41) is 7.55. The van der Waals surface area contributed by atoms with E-state index in [4.69, 9.17) is 4.98 Å². The van der Waals surface area contributed by atoms with Crippen LogP contribution in [0.15, 0.2) is 29.8 Å². The molecule has 1 aliphatic heterocycles. The number of nitrogens with zero attached hydrogens (tertiary/aromatic N) is 5. The number of piperazine rings is 1. The van der Waals surface area contributed by atoms with Crippen molar-refractivity contribution in [2.24, 2.45) is 0 Å². The first-order chi connectivity index (χ1) is 14.2. The van der Waals surface area contributed by atoms with Gasteiger partial charge in [0.05, 0.1) is 17.1 Å². The predicted molar refractivity (Wildman–Crippen MR) is 115 cm³/mol. The largest absolute Gasteiger partial charge is 0.336 e. The maximum Gasteiger partial charge on any atom is 0.254 e. The van der Waals surface area contributed by atoms with Gasteiger partial charge in [0.2, 0.25) is 0 Å². The van der Waals surface area contributed by atoms with E-state index in [1.165, 1.54) is 17.7 Å². The maximum atomic E-state index is 13.4. The van der Waals surface area contributed by atoms with E-state index in [1.54, 1.807) is 11.3 Å². The molecule has 6 nitrogen and oxygen atoms in total. The van der Waals surface area contributed by atoms with Gasteiger partial charge in [-0.3, -0.25) is 9.69 Å². The number of hydrogen-bond donors (Lipinski definition) is 0. The lowest BCUT2D eigenvalue weighted by Gasteiger charge is -2.34. The van der Waals surface area contributed by atoms with Gasteiger partial charge >= 0.3 is 0 Å². The number of pyridine rings is 1. The third kappa shape index (κ3) is 3.81. The molecule has 0 bridgehead atoms. The fraction of sp³-hybridized carbons (Fsp3) is 0.500. The van der Waals surface area contributed by atoms with E-state index in [-0.39, 0.29) is 5.91 Å². The summed E-state index contributed by atoms with van der Waals surface area (Å²) < 4.78 is 1.96. The number of carbonyl (C=O) groups is 1. The molecule has 4 heterocycles. The molecule has 3 aromatic heterocycles. The average Bonchev–Trinajstić information content (AvgIpc) is 3.33. The number of rotatable bonds is 6. The molecule has 1 amide bonds. The SMILES string of the molecule is CCCn1ncc2c(C(=O)N3CCN(Cc4cccs4)CC3)cc(C3CC3)nc21. The standard InChI is InChI=1S/C22H27N5OS/c1-2-7-27-21-19(14-23-27)18(13-20(24-21)16-5-6-16)22(28)26-10-8-25(9-11-26)15-17-4-3-12-29-17/h3-4,12-14,16H,2,5-11,15H2,1H3. The zero-order chi connectivity index (χ0) is 19.8. The van der Waals surface area contributed by atoms with Gasteiger partial charge in [0.15, 0.2) is 5.65 Å². The average molecular weight is 410 g/mol. The van der Waals surface area contributed by atoms with Gasteiger partial charge < -0.3 is 4.90 Å². The number of fused-ring (bicyclic) bond motifs is 1. The van der Waals surface area contributed by atoms with Gasteiger partial charge in [0.1, 0.15) is 0 Å². The van der Waals surface area contributed by atoms with Crippen LogP contribution in [-0.4, -0.2) is 56.7 Å². The molecule has 0 unspecified atom stereocenters. The van der Waals surface area contributed by atoms with E-state index in [9.17, 15) is 4.79 Å². The van der Waals surface area contributed by atoms with Crippen LogP contribution in [0.1, 0.15) is 53.0 Å². The lowest BCUT2D eigenvalue weighted by molar-refractivity contribution is 0.0631. The monoisotopic (exact) mass is 409 g/mol. The molecule has 29 heavy (non-hydrogen) atoms. The number of aromatic nitrogens is 3. The predicted octanol–water partition coefficient (Wildman–Crippen LogP) is 3.74. The number of aryl methyl sites for hydroxylation is 1. The van der Waals surface area contributed by atoms with Crippen LogP contribution in [-0.2, 0) is 13.1 Å². The van der Waals surface area contributed by atoms with E-state index in [0.29, 0.717) is 5.92 Å². The van der Waals surface area contributed by atoms with E-state index in [1.807, 2.05) is 21.8 Å². The fourth-order valence-electron chi connectivity index (χ4n) is 4.11. The minimum Gasteiger partial charge on any atom is -0.336 e. The van der Waals surface area contributed by atoms with Gasteiger partial charge in [-0.1, -0.05) is 13.0 Å². The van der Waals surface area contributed by atoms with Crippen molar-refractivity contribution in [3.05, 3.63) is 45.9 Å². The molecule has 0 aromatic carbocycles. The summed E-state index contributed by atoms with van der Waals surface area (Å²) in [6.45, 7) is 7.34. The normalized spacial score (nSPS) is 17.9. The summed E-state index contributed by atoms with van der Waals surface area (Å²) >= 11 is 1.80. The van der Waals surface area contributed by atoms with Crippen LogP contribution in [0.25, 0.3) is 11.0 Å². The van der Waals surface area contributed by atoms with Crippen molar-refractivity contribution in [2.45, 2.75) is 45.2 Å². The Hall–Kier alpha value is -2.25. The van der Waals surface area contributed by atoms with E-state index >= 15 is 0 Å². The molecule has 0 N–H and O–H groups in total. The Balaban J connectivity index is 1.36. The zero-order valence-corrected chi connectivity index (χ0v) is 17.7. The van der Waals surface area contributed by atoms with Crippen LogP contribution < -0.4 is 0 Å². The Morgan fingerprint density at radius 3 is 2.76 bits per heavy atom. The van der Waals surface area contributed by atoms with E-state index < -0.39 is 0 Å². The lowest BCUT2D eigenvalue weighted by atomic mass is 10.1. The number of thiophene rings is 1. The van der Waals surface area contributed by atoms with E-state index in [2.05, 4.69) is 34.4 Å². The van der Waals surface area contributed by atoms with Crippen molar-refractivity contribution in [3.63, 3.8) is 0 Å². The quantitative estimate of drug-likeness (QED) is 0.622. The van der Waals surface area contributed by atoms with Crippen molar-refractivity contribution in [3.8, 4) is 0 Å². The van der Waals surface area contributed by atoms with Gasteiger partial charge in [-0.2, -0.15) is 5.10 Å². The van der Waals surface area contributed by atoms with Gasteiger partial charge in [-0.05, 0) is 36.8 Å². The Kier molecular flexibility index (Phi) is 5.09. The molecule has 0 spiro atoms. The number of amides is 1. The van der Waals surface area contributed by atoms with Crippen LogP contribution in [0.5, 0.6) is 0 Å². The topological polar surface area (TPSA) is 54.3 Å². The second-order valence-electron chi connectivity index (χ2n) is 8.12. The summed E-state index contributed by atoms with van der Waals surface area (Å²) in [5.41, 5.74) is 2.72. The molecule has 2 aliphatic rings. The first-order valence-electron chi connectivity index (χ1n) is 10.6. The van der Waals surface area contributed by atoms with Crippen molar-refractivity contribution >= 4 is 28.3 Å². The van der Waals surface area contributed by atoms with Crippen molar-refractivity contribution < 1.29 is 4.79 Å². The maximum absolute atomic E-state index is 13.4. The number of carbonyl (C=O) groups excluding carboxylic acids is 1. The summed E-state index contributed by atoms with van der Waals surface area (Å²) in [7, 11) is 0. The molecule has 1 saturated carbocycles. The molecule has 1 saturated heterocycles. The highest BCUT2D eigenvalue weighted by Crippen LogP contribution is 2.40. The summed E-state index contributed by atoms with van der Waals surface area (Å²) in [4.78, 5) is 24.2. The van der Waals surface area contributed by atoms with Crippen molar-refractivity contribution in [1.82, 2.24) is 24.6 Å². The van der Waals surface area contributed by atoms with Crippen molar-refractivity contribution in [2.75, 3.05) is 26.2 Å². The van der Waals surface area contributed by atoms with Gasteiger partial charge in [0.25, 0.3) is 5.91 Å². The minimum absolute atomic E-state index is 0.131. The van der Waals surface area contributed by atoms with Gasteiger partial charge in [0, 0.05) is 55.8 Å². The highest BCUT2D eigenvalue weighted by molar-refractivity contribution is 7.09. The van der Waals surface area contributed by atoms with Crippen LogP contribution in [0.2, 0.25) is 0 Å². The van der Waals surface area contributed by atoms with Gasteiger partial charge in [-0.15, -0.1) is 11.3 Å². The molecule has 152 valence electrons. The molecular formula is C22H27N5OS. The Morgan fingerprint density at radius 2 is 2.07 bits per heavy atom. The smallest absolute Gasteiger partial charge is 0.254 e. The molecule has 0 radical (unpaired) electrons. The molecule has 0 atom stereocenters. The highest BCUT2D eigenvalue weighted by Gasteiger charge is 2.30. The lowest BCUT2D eigenvalue weighted by Crippen LogP contribution is -2.48. The summed E-state index contributed by atoms with van der Waals surface area (Å²) in [6, 6.07) is 6.33. The highest BCUT2D eigenvalue weighted by atomic mass is 32.1. The Labute approximate surface area is 175 Å². The molecule has 3 aromatic rings. The van der Waals surface area contributed by atoms with Crippen LogP contribution >= 0.6 is 11.3 Å². The summed E-state index contributed by atoms with van der Waals surface area (Å²) in [5.74, 6) is 0.643. The third-order valence-electron chi connectivity index (χ3n) is 5.91. The zero-order valence-electron chi connectivity index (χ0n) is 16.9. The molecule has 7 heteroatoms. The molecule has 5 rings (SSSR count). The summed E-state index contributed by atoms with van der Waals surface area (Å²) in [6.07, 6.45) is 5.18. The molecule has 2 fully saturated rings. The Morgan fingerprint density at radius 1 is 1.24 bits per heavy atom. The van der Waals surface area contributed by atoms with Crippen LogP contribution in [0.3, 0.4) is 0 Å². The second-order valence-corrected chi connectivity index (χ2v) is 9.15. The first kappa shape index (κ1) is 18.8. The molecular weight excluding hydrogens is 382 g/mol. The Bertz CT molecular complexity index is 1000. The number of hydrogen-bond acceptors (Lipinski definition) is 5. The second kappa shape index (κ2) is 7.88. The van der Waals surface area contributed by atoms with E-state index in [0.717, 1.165) is 68.0 Å². The van der Waals surface area contributed by atoms with Crippen molar-refractivity contribution in [1.29, 1.82) is 0 Å². The van der Waals surface area contributed by atoms with Crippen LogP contribution in [0.4, 0.5) is 0 Å². The third-order valence-corrected chi connectivity index (χ3v) is 6.77. The molecule has 1 aliphatic carbocycles. The van der Waals surface area contributed by atoms with Gasteiger partial charge in [-0.25, -0.2) is 9.67 Å².